The molecule has 0 aromatic heterocycles. The van der Waals surface area contributed by atoms with E-state index >= 15 is 0 Å². The highest BCUT2D eigenvalue weighted by molar-refractivity contribution is 5.76. The number of aliphatic hydroxyl groups excluding tert-OH is 5. The second-order valence-corrected chi connectivity index (χ2v) is 22.2. The summed E-state index contributed by atoms with van der Waals surface area (Å²) < 4.78 is 11.3. The molecule has 1 aliphatic heterocycles. The molecule has 0 aliphatic carbocycles. The summed E-state index contributed by atoms with van der Waals surface area (Å²) in [7, 11) is 0. The van der Waals surface area contributed by atoms with Crippen molar-refractivity contribution in [1.29, 1.82) is 0 Å². The highest BCUT2D eigenvalue weighted by Crippen LogP contribution is 2.23. The first kappa shape index (κ1) is 69.4. The number of carbonyl (C=O) groups excluding carboxylic acids is 1. The Hall–Kier alpha value is -1.59. The van der Waals surface area contributed by atoms with Gasteiger partial charge in [-0.25, -0.2) is 0 Å². The zero-order valence-corrected chi connectivity index (χ0v) is 47.9. The molecule has 1 fully saturated rings. The number of hydrogen-bond donors (Lipinski definition) is 6. The number of aliphatic hydroxyl groups is 5. The van der Waals surface area contributed by atoms with Crippen molar-refractivity contribution >= 4 is 5.91 Å². The summed E-state index contributed by atoms with van der Waals surface area (Å²) in [5.41, 5.74) is 0. The van der Waals surface area contributed by atoms with Gasteiger partial charge >= 0.3 is 0 Å². The quantitative estimate of drug-likeness (QED) is 0.0261. The van der Waals surface area contributed by atoms with Gasteiger partial charge in [-0.3, -0.25) is 4.79 Å². The van der Waals surface area contributed by atoms with Gasteiger partial charge < -0.3 is 40.3 Å². The average molecular weight is 1030 g/mol. The van der Waals surface area contributed by atoms with Crippen LogP contribution < -0.4 is 5.32 Å². The molecule has 1 aliphatic rings. The van der Waals surface area contributed by atoms with Gasteiger partial charge in [-0.2, -0.15) is 0 Å². The molecule has 0 spiro atoms. The number of hydrogen-bond acceptors (Lipinski definition) is 8. The van der Waals surface area contributed by atoms with Gasteiger partial charge in [0.2, 0.25) is 5.91 Å². The normalized spacial score (nSPS) is 19.2. The minimum Gasteiger partial charge on any atom is -0.394 e. The van der Waals surface area contributed by atoms with Crippen LogP contribution in [0.5, 0.6) is 0 Å². The topological polar surface area (TPSA) is 149 Å². The number of allylic oxidation sites excluding steroid dienone is 5. The van der Waals surface area contributed by atoms with E-state index in [-0.39, 0.29) is 12.5 Å². The van der Waals surface area contributed by atoms with Crippen LogP contribution in [-0.2, 0) is 14.3 Å². The Morgan fingerprint density at radius 1 is 0.452 bits per heavy atom. The van der Waals surface area contributed by atoms with Gasteiger partial charge in [0, 0.05) is 6.42 Å². The molecular formula is C64H121NO8. The molecule has 6 N–H and O–H groups in total. The molecule has 1 saturated heterocycles. The second kappa shape index (κ2) is 53.8. The van der Waals surface area contributed by atoms with Crippen molar-refractivity contribution in [3.05, 3.63) is 36.5 Å². The molecule has 1 amide bonds. The van der Waals surface area contributed by atoms with Gasteiger partial charge in [0.05, 0.1) is 25.4 Å². The predicted molar refractivity (Wildman–Crippen MR) is 309 cm³/mol. The zero-order valence-electron chi connectivity index (χ0n) is 47.9. The van der Waals surface area contributed by atoms with Gasteiger partial charge in [0.1, 0.15) is 24.4 Å². The smallest absolute Gasteiger partial charge is 0.220 e. The van der Waals surface area contributed by atoms with Crippen LogP contribution in [0.1, 0.15) is 309 Å². The van der Waals surface area contributed by atoms with Crippen molar-refractivity contribution in [2.45, 2.75) is 352 Å². The average Bonchev–Trinajstić information content (AvgIpc) is 3.39. The first-order valence-corrected chi connectivity index (χ1v) is 31.7. The van der Waals surface area contributed by atoms with Gasteiger partial charge in [-0.05, 0) is 57.8 Å². The third kappa shape index (κ3) is 43.1. The molecule has 9 heteroatoms. The molecule has 73 heavy (non-hydrogen) atoms. The molecule has 1 rings (SSSR count). The SMILES string of the molecule is CCCCCCCCCCCCCC/C=C\CCCCCCCCCCCCCCC(=O)NC(COC1OC(CO)C(O)C(O)C1O)C(O)/C=C/CC/C=C/CCCCCCCCCCCCCCCCCC. The van der Waals surface area contributed by atoms with Gasteiger partial charge in [0.15, 0.2) is 6.29 Å². The first-order chi connectivity index (χ1) is 35.8. The minimum absolute atomic E-state index is 0.183. The lowest BCUT2D eigenvalue weighted by atomic mass is 9.99. The van der Waals surface area contributed by atoms with Gasteiger partial charge in [-0.1, -0.05) is 281 Å². The van der Waals surface area contributed by atoms with E-state index in [4.69, 9.17) is 9.47 Å². The molecular weight excluding hydrogens is 911 g/mol. The van der Waals surface area contributed by atoms with Crippen LogP contribution in [0, 0.1) is 0 Å². The van der Waals surface area contributed by atoms with Crippen LogP contribution in [0.15, 0.2) is 36.5 Å². The maximum Gasteiger partial charge on any atom is 0.220 e. The van der Waals surface area contributed by atoms with E-state index in [1.54, 1.807) is 6.08 Å². The van der Waals surface area contributed by atoms with E-state index in [2.05, 4.69) is 43.5 Å². The van der Waals surface area contributed by atoms with Crippen LogP contribution in [0.2, 0.25) is 0 Å². The zero-order chi connectivity index (χ0) is 52.9. The van der Waals surface area contributed by atoms with E-state index in [0.29, 0.717) is 6.42 Å². The maximum atomic E-state index is 13.1. The molecule has 430 valence electrons. The van der Waals surface area contributed by atoms with E-state index in [1.807, 2.05) is 6.08 Å². The summed E-state index contributed by atoms with van der Waals surface area (Å²) in [6.07, 6.45) is 63.7. The van der Waals surface area contributed by atoms with Gasteiger partial charge in [0.25, 0.3) is 0 Å². The number of rotatable bonds is 55. The summed E-state index contributed by atoms with van der Waals surface area (Å²) in [5, 5.41) is 54.6. The van der Waals surface area contributed by atoms with Crippen LogP contribution in [0.3, 0.4) is 0 Å². The molecule has 0 bridgehead atoms. The second-order valence-electron chi connectivity index (χ2n) is 22.2. The number of unbranched alkanes of at least 4 members (excludes halogenated alkanes) is 41. The Bertz CT molecular complexity index is 1240. The fourth-order valence-corrected chi connectivity index (χ4v) is 10.2. The summed E-state index contributed by atoms with van der Waals surface area (Å²) in [5.74, 6) is -0.183. The summed E-state index contributed by atoms with van der Waals surface area (Å²) in [6, 6.07) is -0.822. The van der Waals surface area contributed by atoms with Crippen molar-refractivity contribution in [3.8, 4) is 0 Å². The van der Waals surface area contributed by atoms with E-state index in [9.17, 15) is 30.3 Å². The highest BCUT2D eigenvalue weighted by Gasteiger charge is 2.44. The minimum atomic E-state index is -1.57. The molecule has 7 atom stereocenters. The predicted octanol–water partition coefficient (Wildman–Crippen LogP) is 16.3. The first-order valence-electron chi connectivity index (χ1n) is 31.7. The van der Waals surface area contributed by atoms with Crippen molar-refractivity contribution in [2.75, 3.05) is 13.2 Å². The fourth-order valence-electron chi connectivity index (χ4n) is 10.2. The van der Waals surface area contributed by atoms with Crippen molar-refractivity contribution in [3.63, 3.8) is 0 Å². The Morgan fingerprint density at radius 2 is 0.781 bits per heavy atom. The molecule has 1 heterocycles. The van der Waals surface area contributed by atoms with E-state index in [1.165, 1.54) is 250 Å². The Kier molecular flexibility index (Phi) is 51.2. The largest absolute Gasteiger partial charge is 0.394 e. The number of amides is 1. The van der Waals surface area contributed by atoms with E-state index in [0.717, 1.165) is 38.5 Å². The number of ether oxygens (including phenoxy) is 2. The maximum absolute atomic E-state index is 13.1. The summed E-state index contributed by atoms with van der Waals surface area (Å²) in [4.78, 5) is 13.1. The number of nitrogens with one attached hydrogen (secondary N) is 1. The summed E-state index contributed by atoms with van der Waals surface area (Å²) >= 11 is 0. The van der Waals surface area contributed by atoms with Crippen LogP contribution >= 0.6 is 0 Å². The van der Waals surface area contributed by atoms with Crippen molar-refractivity contribution < 1.29 is 39.8 Å². The molecule has 0 radical (unpaired) electrons. The Labute approximate surface area is 451 Å². The molecule has 0 aromatic carbocycles. The van der Waals surface area contributed by atoms with Crippen molar-refractivity contribution in [2.24, 2.45) is 0 Å². The standard InChI is InChI=1S/C64H121NO8/c1-3-5-7-9-11-13-15-17-19-21-23-25-27-28-29-30-31-32-34-36-38-40-42-44-46-48-50-52-54-60(68)65-57(56-72-64-63(71)62(70)61(69)59(55-66)73-64)58(67)53-51-49-47-45-43-41-39-37-35-33-26-24-22-20-18-16-14-12-10-8-6-4-2/h28-29,43,45,51,53,57-59,61-64,66-67,69-71H,3-27,30-42,44,46-50,52,54-56H2,1-2H3,(H,65,68)/b29-28-,45-43+,53-51+. The van der Waals surface area contributed by atoms with Crippen molar-refractivity contribution in [1.82, 2.24) is 5.32 Å². The van der Waals surface area contributed by atoms with E-state index < -0.39 is 49.5 Å². The number of carbonyl (C=O) groups is 1. The molecule has 0 saturated carbocycles. The lowest BCUT2D eigenvalue weighted by molar-refractivity contribution is -0.302. The third-order valence-electron chi connectivity index (χ3n) is 15.2. The molecule has 9 nitrogen and oxygen atoms in total. The lowest BCUT2D eigenvalue weighted by Crippen LogP contribution is -2.60. The third-order valence-corrected chi connectivity index (χ3v) is 15.2. The Morgan fingerprint density at radius 3 is 1.15 bits per heavy atom. The van der Waals surface area contributed by atoms with Crippen LogP contribution in [-0.4, -0.2) is 87.5 Å². The molecule has 0 aromatic rings. The summed E-state index contributed by atoms with van der Waals surface area (Å²) in [6.45, 7) is 3.81. The fraction of sp³-hybridized carbons (Fsp3) is 0.891. The van der Waals surface area contributed by atoms with Gasteiger partial charge in [-0.15, -0.1) is 0 Å². The highest BCUT2D eigenvalue weighted by atomic mass is 16.7. The Balaban J connectivity index is 2.19. The molecule has 7 unspecified atom stereocenters. The van der Waals surface area contributed by atoms with Crippen LogP contribution in [0.25, 0.3) is 0 Å². The monoisotopic (exact) mass is 1030 g/mol. The van der Waals surface area contributed by atoms with Crippen LogP contribution in [0.4, 0.5) is 0 Å². The lowest BCUT2D eigenvalue weighted by Gasteiger charge is -2.40.